The first-order valence-corrected chi connectivity index (χ1v) is 9.72. The third-order valence-electron chi connectivity index (χ3n) is 4.75. The van der Waals surface area contributed by atoms with E-state index in [1.165, 1.54) is 11.1 Å². The molecular formula is C21H24Cl2N2O2. The number of carbonyl (C=O) groups excluding carboxylic acids is 1. The van der Waals surface area contributed by atoms with E-state index in [-0.39, 0.29) is 11.3 Å². The van der Waals surface area contributed by atoms with Gasteiger partial charge in [0, 0.05) is 29.8 Å². The van der Waals surface area contributed by atoms with Crippen LogP contribution in [-0.4, -0.2) is 31.0 Å². The van der Waals surface area contributed by atoms with Gasteiger partial charge in [-0.15, -0.1) is 0 Å². The molecule has 0 unspecified atom stereocenters. The van der Waals surface area contributed by atoms with Gasteiger partial charge in [-0.1, -0.05) is 43.1 Å². The molecule has 0 aliphatic carbocycles. The molecule has 1 amide bonds. The summed E-state index contributed by atoms with van der Waals surface area (Å²) in [6, 6.07) is 9.24. The van der Waals surface area contributed by atoms with Gasteiger partial charge in [0.2, 0.25) is 0 Å². The molecule has 0 aromatic heterocycles. The maximum atomic E-state index is 12.7. The van der Waals surface area contributed by atoms with Crippen LogP contribution in [0.4, 0.5) is 5.69 Å². The Kier molecular flexibility index (Phi) is 5.71. The highest BCUT2D eigenvalue weighted by atomic mass is 35.5. The summed E-state index contributed by atoms with van der Waals surface area (Å²) in [6.45, 7) is 8.65. The van der Waals surface area contributed by atoms with Gasteiger partial charge in [0.15, 0.2) is 5.75 Å². The van der Waals surface area contributed by atoms with Gasteiger partial charge in [0.25, 0.3) is 5.91 Å². The molecule has 144 valence electrons. The van der Waals surface area contributed by atoms with E-state index >= 15 is 0 Å². The number of rotatable bonds is 4. The zero-order valence-corrected chi connectivity index (χ0v) is 17.5. The minimum atomic E-state index is -0.259. The Hall–Kier alpha value is -1.75. The summed E-state index contributed by atoms with van der Waals surface area (Å²) >= 11 is 12.4. The third-order valence-corrected chi connectivity index (χ3v) is 5.31. The molecule has 6 heteroatoms. The van der Waals surface area contributed by atoms with Gasteiger partial charge >= 0.3 is 0 Å². The first-order valence-electron chi connectivity index (χ1n) is 8.96. The molecule has 0 atom stereocenters. The summed E-state index contributed by atoms with van der Waals surface area (Å²) < 4.78 is 5.41. The van der Waals surface area contributed by atoms with E-state index < -0.39 is 0 Å². The maximum absolute atomic E-state index is 12.7. The number of ether oxygens (including phenoxy) is 1. The molecule has 27 heavy (non-hydrogen) atoms. The molecule has 0 spiro atoms. The van der Waals surface area contributed by atoms with E-state index in [2.05, 4.69) is 37.2 Å². The van der Waals surface area contributed by atoms with Crippen LogP contribution in [0.2, 0.25) is 10.0 Å². The van der Waals surface area contributed by atoms with Crippen LogP contribution in [0, 0.1) is 0 Å². The van der Waals surface area contributed by atoms with Crippen LogP contribution >= 0.6 is 23.2 Å². The van der Waals surface area contributed by atoms with Crippen molar-refractivity contribution in [2.24, 2.45) is 0 Å². The average molecular weight is 407 g/mol. The molecule has 1 heterocycles. The topological polar surface area (TPSA) is 41.6 Å². The van der Waals surface area contributed by atoms with Crippen molar-refractivity contribution >= 4 is 34.8 Å². The Balaban J connectivity index is 1.84. The molecule has 0 bridgehead atoms. The fourth-order valence-corrected chi connectivity index (χ4v) is 4.34. The van der Waals surface area contributed by atoms with Crippen molar-refractivity contribution in [1.29, 1.82) is 0 Å². The highest BCUT2D eigenvalue weighted by Gasteiger charge is 2.30. The SMILES string of the molecule is CCOc1c(Cl)cc(C(=O)Nc2ccc3c(c2)CN(C)CC3(C)C)cc1Cl. The van der Waals surface area contributed by atoms with Crippen molar-refractivity contribution in [2.45, 2.75) is 32.7 Å². The lowest BCUT2D eigenvalue weighted by molar-refractivity contribution is 0.102. The molecular weight excluding hydrogens is 383 g/mol. The fourth-order valence-electron chi connectivity index (χ4n) is 3.75. The van der Waals surface area contributed by atoms with Gasteiger partial charge in [-0.05, 0) is 49.4 Å². The van der Waals surface area contributed by atoms with E-state index in [1.807, 2.05) is 19.1 Å². The van der Waals surface area contributed by atoms with Gasteiger partial charge in [0.05, 0.1) is 16.7 Å². The maximum Gasteiger partial charge on any atom is 0.255 e. The quantitative estimate of drug-likeness (QED) is 0.741. The van der Waals surface area contributed by atoms with Gasteiger partial charge < -0.3 is 15.0 Å². The number of likely N-dealkylation sites (N-methyl/N-ethyl adjacent to an activating group) is 1. The number of carbonyl (C=O) groups is 1. The summed E-state index contributed by atoms with van der Waals surface area (Å²) in [7, 11) is 2.11. The number of halogens is 2. The minimum absolute atomic E-state index is 0.0844. The highest BCUT2D eigenvalue weighted by molar-refractivity contribution is 6.37. The smallest absolute Gasteiger partial charge is 0.255 e. The minimum Gasteiger partial charge on any atom is -0.491 e. The molecule has 1 aliphatic rings. The van der Waals surface area contributed by atoms with E-state index in [0.29, 0.717) is 28.0 Å². The summed E-state index contributed by atoms with van der Waals surface area (Å²) in [5.41, 5.74) is 3.79. The highest BCUT2D eigenvalue weighted by Crippen LogP contribution is 2.36. The number of amides is 1. The second-order valence-electron chi connectivity index (χ2n) is 7.58. The van der Waals surface area contributed by atoms with E-state index in [4.69, 9.17) is 27.9 Å². The number of benzene rings is 2. The van der Waals surface area contributed by atoms with Crippen molar-refractivity contribution < 1.29 is 9.53 Å². The molecule has 1 aliphatic heterocycles. The van der Waals surface area contributed by atoms with Crippen molar-refractivity contribution in [1.82, 2.24) is 4.90 Å². The van der Waals surface area contributed by atoms with Gasteiger partial charge in [-0.2, -0.15) is 0 Å². The first kappa shape index (κ1) is 20.0. The largest absolute Gasteiger partial charge is 0.491 e. The van der Waals surface area contributed by atoms with Crippen LogP contribution in [0.5, 0.6) is 5.75 Å². The Labute approximate surface area is 170 Å². The Bertz CT molecular complexity index is 857. The lowest BCUT2D eigenvalue weighted by atomic mass is 9.78. The van der Waals surface area contributed by atoms with Crippen LogP contribution in [0.15, 0.2) is 30.3 Å². The zero-order chi connectivity index (χ0) is 19.8. The predicted octanol–water partition coefficient (Wildman–Crippen LogP) is 5.37. The number of hydrogen-bond acceptors (Lipinski definition) is 3. The molecule has 0 saturated heterocycles. The second-order valence-corrected chi connectivity index (χ2v) is 8.40. The zero-order valence-electron chi connectivity index (χ0n) is 16.0. The summed E-state index contributed by atoms with van der Waals surface area (Å²) in [6.07, 6.45) is 0. The molecule has 4 nitrogen and oxygen atoms in total. The van der Waals surface area contributed by atoms with Gasteiger partial charge in [-0.3, -0.25) is 4.79 Å². The standard InChI is InChI=1S/C21H24Cl2N2O2/c1-5-27-19-17(22)9-13(10-18(19)23)20(26)24-15-6-7-16-14(8-15)11-25(4)12-21(16,2)3/h6-10H,5,11-12H2,1-4H3,(H,24,26). The monoisotopic (exact) mass is 406 g/mol. The van der Waals surface area contributed by atoms with Crippen molar-refractivity contribution in [3.63, 3.8) is 0 Å². The van der Waals surface area contributed by atoms with Crippen molar-refractivity contribution in [3.8, 4) is 5.75 Å². The van der Waals surface area contributed by atoms with Crippen LogP contribution in [0.1, 0.15) is 42.3 Å². The van der Waals surface area contributed by atoms with Crippen LogP contribution < -0.4 is 10.1 Å². The lowest BCUT2D eigenvalue weighted by Gasteiger charge is -2.38. The Morgan fingerprint density at radius 1 is 1.22 bits per heavy atom. The summed E-state index contributed by atoms with van der Waals surface area (Å²) in [4.78, 5) is 15.0. The predicted molar refractivity (Wildman–Crippen MR) is 111 cm³/mol. The number of fused-ring (bicyclic) bond motifs is 1. The van der Waals surface area contributed by atoms with Crippen molar-refractivity contribution in [2.75, 3.05) is 25.5 Å². The summed E-state index contributed by atoms with van der Waals surface area (Å²) in [5, 5.41) is 3.59. The van der Waals surface area contributed by atoms with E-state index in [0.717, 1.165) is 18.8 Å². The molecule has 2 aromatic rings. The summed E-state index contributed by atoms with van der Waals surface area (Å²) in [5.74, 6) is 0.140. The Morgan fingerprint density at radius 2 is 1.89 bits per heavy atom. The molecule has 0 fully saturated rings. The van der Waals surface area contributed by atoms with Crippen LogP contribution in [0.3, 0.4) is 0 Å². The lowest BCUT2D eigenvalue weighted by Crippen LogP contribution is -2.39. The number of nitrogens with one attached hydrogen (secondary N) is 1. The number of anilines is 1. The number of hydrogen-bond donors (Lipinski definition) is 1. The second kappa shape index (κ2) is 7.70. The molecule has 3 rings (SSSR count). The van der Waals surface area contributed by atoms with Crippen molar-refractivity contribution in [3.05, 3.63) is 57.1 Å². The van der Waals surface area contributed by atoms with E-state index in [9.17, 15) is 4.79 Å². The van der Waals surface area contributed by atoms with Gasteiger partial charge in [0.1, 0.15) is 0 Å². The molecule has 2 aromatic carbocycles. The average Bonchev–Trinajstić information content (AvgIpc) is 2.56. The normalized spacial score (nSPS) is 15.9. The first-order chi connectivity index (χ1) is 12.7. The third kappa shape index (κ3) is 4.23. The number of nitrogens with zero attached hydrogens (tertiary/aromatic N) is 1. The van der Waals surface area contributed by atoms with Crippen LogP contribution in [0.25, 0.3) is 0 Å². The van der Waals surface area contributed by atoms with Gasteiger partial charge in [-0.25, -0.2) is 0 Å². The molecule has 1 N–H and O–H groups in total. The van der Waals surface area contributed by atoms with Crippen LogP contribution in [-0.2, 0) is 12.0 Å². The van der Waals surface area contributed by atoms with E-state index in [1.54, 1.807) is 12.1 Å². The fraction of sp³-hybridized carbons (Fsp3) is 0.381. The molecule has 0 saturated carbocycles. The Morgan fingerprint density at radius 3 is 2.52 bits per heavy atom. The molecule has 0 radical (unpaired) electrons.